The summed E-state index contributed by atoms with van der Waals surface area (Å²) in [5, 5.41) is 9.39. The van der Waals surface area contributed by atoms with Gasteiger partial charge in [0.25, 0.3) is 0 Å². The van der Waals surface area contributed by atoms with Gasteiger partial charge in [0.1, 0.15) is 12.3 Å². The van der Waals surface area contributed by atoms with Crippen LogP contribution in [0, 0.1) is 6.92 Å². The average molecular weight is 572 g/mol. The fourth-order valence-corrected chi connectivity index (χ4v) is 6.99. The summed E-state index contributed by atoms with van der Waals surface area (Å²) in [4.78, 5) is 29.1. The van der Waals surface area contributed by atoms with Gasteiger partial charge in [-0.3, -0.25) is 9.59 Å². The molecule has 0 bridgehead atoms. The third-order valence-electron chi connectivity index (χ3n) is 7.88. The number of carboxylic acid groups (broad SMARTS) is 1. The highest BCUT2D eigenvalue weighted by molar-refractivity contribution is 7.89. The van der Waals surface area contributed by atoms with Crippen molar-refractivity contribution in [3.8, 4) is 5.75 Å². The molecule has 1 atom stereocenters. The maximum atomic E-state index is 13.4. The van der Waals surface area contributed by atoms with E-state index < -0.39 is 34.4 Å². The van der Waals surface area contributed by atoms with Gasteiger partial charge in [-0.25, -0.2) is 8.42 Å². The summed E-state index contributed by atoms with van der Waals surface area (Å²) in [5.74, 6) is -1.77. The number of carbonyl (C=O) groups is 2. The Kier molecular flexibility index (Phi) is 10.2. The van der Waals surface area contributed by atoms with Crippen LogP contribution in [0.2, 0.25) is 0 Å². The van der Waals surface area contributed by atoms with Crippen molar-refractivity contribution in [2.24, 2.45) is 0 Å². The SMILES string of the molecule is CCC(C(=O)Oc1ccc(S(=O)(=O)N(CCN2CCCCC2)CC(=O)O)cc1C)c1ccc(N2CCCC2)cc1. The summed E-state index contributed by atoms with van der Waals surface area (Å²) in [7, 11) is -4.06. The minimum atomic E-state index is -4.06. The van der Waals surface area contributed by atoms with Gasteiger partial charge in [0, 0.05) is 31.9 Å². The molecule has 1 unspecified atom stereocenters. The second-order valence-corrected chi connectivity index (χ2v) is 12.7. The van der Waals surface area contributed by atoms with Gasteiger partial charge in [0.2, 0.25) is 10.0 Å². The Morgan fingerprint density at radius 3 is 2.23 bits per heavy atom. The van der Waals surface area contributed by atoms with E-state index in [0.29, 0.717) is 18.5 Å². The third-order valence-corrected chi connectivity index (χ3v) is 9.72. The molecule has 218 valence electrons. The van der Waals surface area contributed by atoms with Crippen LogP contribution in [-0.4, -0.2) is 80.5 Å². The number of benzene rings is 2. The summed E-state index contributed by atoms with van der Waals surface area (Å²) >= 11 is 0. The van der Waals surface area contributed by atoms with E-state index in [9.17, 15) is 23.1 Å². The van der Waals surface area contributed by atoms with Crippen LogP contribution in [-0.2, 0) is 19.6 Å². The topological polar surface area (TPSA) is 107 Å². The molecule has 0 radical (unpaired) electrons. The largest absolute Gasteiger partial charge is 0.480 e. The monoisotopic (exact) mass is 571 g/mol. The van der Waals surface area contributed by atoms with Crippen LogP contribution in [0.4, 0.5) is 5.69 Å². The lowest BCUT2D eigenvalue weighted by Crippen LogP contribution is -2.42. The Hall–Kier alpha value is -2.95. The van der Waals surface area contributed by atoms with E-state index in [2.05, 4.69) is 21.9 Å². The predicted molar refractivity (Wildman–Crippen MR) is 154 cm³/mol. The number of sulfonamides is 1. The zero-order valence-electron chi connectivity index (χ0n) is 23.5. The number of carboxylic acids is 1. The number of hydrogen-bond acceptors (Lipinski definition) is 7. The van der Waals surface area contributed by atoms with E-state index in [0.717, 1.165) is 61.0 Å². The number of hydrogen-bond donors (Lipinski definition) is 1. The Morgan fingerprint density at radius 1 is 0.975 bits per heavy atom. The van der Waals surface area contributed by atoms with Crippen LogP contribution >= 0.6 is 0 Å². The van der Waals surface area contributed by atoms with Crippen LogP contribution in [0.25, 0.3) is 0 Å². The van der Waals surface area contributed by atoms with Gasteiger partial charge in [0.15, 0.2) is 0 Å². The Bertz CT molecular complexity index is 1270. The number of carbonyl (C=O) groups excluding carboxylic acids is 1. The second kappa shape index (κ2) is 13.6. The first-order chi connectivity index (χ1) is 19.2. The first-order valence-electron chi connectivity index (χ1n) is 14.3. The van der Waals surface area contributed by atoms with Gasteiger partial charge in [-0.15, -0.1) is 0 Å². The van der Waals surface area contributed by atoms with E-state index in [1.54, 1.807) is 6.92 Å². The number of nitrogens with zero attached hydrogens (tertiary/aromatic N) is 3. The van der Waals surface area contributed by atoms with Crippen molar-refractivity contribution in [1.82, 2.24) is 9.21 Å². The average Bonchev–Trinajstić information content (AvgIpc) is 3.48. The number of esters is 1. The molecule has 2 saturated heterocycles. The molecule has 0 saturated carbocycles. The van der Waals surface area contributed by atoms with Crippen molar-refractivity contribution in [1.29, 1.82) is 0 Å². The first kappa shape index (κ1) is 30.0. The van der Waals surface area contributed by atoms with Gasteiger partial charge in [-0.05, 0) is 93.6 Å². The molecule has 2 fully saturated rings. The summed E-state index contributed by atoms with van der Waals surface area (Å²) in [5.41, 5.74) is 2.52. The molecule has 2 aliphatic heterocycles. The lowest BCUT2D eigenvalue weighted by Gasteiger charge is -2.29. The van der Waals surface area contributed by atoms with Gasteiger partial charge in [-0.1, -0.05) is 25.5 Å². The van der Waals surface area contributed by atoms with E-state index >= 15 is 0 Å². The quantitative estimate of drug-likeness (QED) is 0.298. The minimum Gasteiger partial charge on any atom is -0.480 e. The molecule has 0 spiro atoms. The van der Waals surface area contributed by atoms with Crippen LogP contribution in [0.5, 0.6) is 5.75 Å². The van der Waals surface area contributed by atoms with E-state index in [1.807, 2.05) is 19.1 Å². The van der Waals surface area contributed by atoms with Gasteiger partial charge >= 0.3 is 11.9 Å². The van der Waals surface area contributed by atoms with Gasteiger partial charge < -0.3 is 19.6 Å². The van der Waals surface area contributed by atoms with Gasteiger partial charge in [-0.2, -0.15) is 4.31 Å². The molecule has 2 aliphatic rings. The predicted octanol–water partition coefficient (Wildman–Crippen LogP) is 4.26. The lowest BCUT2D eigenvalue weighted by molar-refractivity contribution is -0.137. The molecule has 40 heavy (non-hydrogen) atoms. The molecule has 10 heteroatoms. The minimum absolute atomic E-state index is 0.0192. The summed E-state index contributed by atoms with van der Waals surface area (Å²) in [6.07, 6.45) is 6.24. The number of aliphatic carboxylic acids is 1. The van der Waals surface area contributed by atoms with E-state index in [-0.39, 0.29) is 17.2 Å². The standard InChI is InChI=1S/C30H41N3O6S/c1-3-27(24-9-11-25(12-10-24)32-17-7-8-18-32)30(36)39-28-14-13-26(21-23(28)2)40(37,38)33(22-29(34)35)20-19-31-15-5-4-6-16-31/h9-14,21,27H,3-8,15-20,22H2,1-2H3,(H,34,35). The maximum Gasteiger partial charge on any atom is 0.318 e. The van der Waals surface area contributed by atoms with Crippen molar-refractivity contribution in [3.05, 3.63) is 53.6 Å². The van der Waals surface area contributed by atoms with Crippen molar-refractivity contribution >= 4 is 27.6 Å². The van der Waals surface area contributed by atoms with E-state index in [1.165, 1.54) is 31.0 Å². The summed E-state index contributed by atoms with van der Waals surface area (Å²) < 4.78 is 33.6. The highest BCUT2D eigenvalue weighted by Crippen LogP contribution is 2.29. The van der Waals surface area contributed by atoms with Crippen LogP contribution in [0.1, 0.15) is 62.5 Å². The summed E-state index contributed by atoms with van der Waals surface area (Å²) in [6.45, 7) is 7.47. The van der Waals surface area contributed by atoms with Crippen molar-refractivity contribution in [3.63, 3.8) is 0 Å². The fourth-order valence-electron chi connectivity index (χ4n) is 5.53. The maximum absolute atomic E-state index is 13.4. The number of piperidine rings is 1. The second-order valence-electron chi connectivity index (χ2n) is 10.7. The zero-order valence-corrected chi connectivity index (χ0v) is 24.4. The summed E-state index contributed by atoms with van der Waals surface area (Å²) in [6, 6.07) is 12.4. The van der Waals surface area contributed by atoms with Crippen LogP contribution in [0.15, 0.2) is 47.4 Å². The molecule has 0 amide bonds. The molecule has 4 rings (SSSR count). The number of aryl methyl sites for hydroxylation is 1. The smallest absolute Gasteiger partial charge is 0.318 e. The number of anilines is 1. The fraction of sp³-hybridized carbons (Fsp3) is 0.533. The highest BCUT2D eigenvalue weighted by Gasteiger charge is 2.29. The normalized spacial score (nSPS) is 17.2. The van der Waals surface area contributed by atoms with Crippen LogP contribution < -0.4 is 9.64 Å². The first-order valence-corrected chi connectivity index (χ1v) is 15.7. The molecule has 0 aliphatic carbocycles. The van der Waals surface area contributed by atoms with E-state index in [4.69, 9.17) is 4.74 Å². The molecule has 1 N–H and O–H groups in total. The Morgan fingerprint density at radius 2 is 1.62 bits per heavy atom. The Balaban J connectivity index is 1.45. The molecule has 9 nitrogen and oxygen atoms in total. The molecular formula is C30H41N3O6S. The van der Waals surface area contributed by atoms with Crippen molar-refractivity contribution < 1.29 is 27.9 Å². The molecule has 0 aromatic heterocycles. The molecule has 2 heterocycles. The highest BCUT2D eigenvalue weighted by atomic mass is 32.2. The van der Waals surface area contributed by atoms with Crippen LogP contribution in [0.3, 0.4) is 0 Å². The Labute approximate surface area is 237 Å². The van der Waals surface area contributed by atoms with Gasteiger partial charge in [0.05, 0.1) is 10.8 Å². The molecule has 2 aromatic carbocycles. The zero-order chi connectivity index (χ0) is 28.7. The third kappa shape index (κ3) is 7.41. The number of rotatable bonds is 12. The molecule has 2 aromatic rings. The van der Waals surface area contributed by atoms with Crippen molar-refractivity contribution in [2.75, 3.05) is 50.7 Å². The molecular weight excluding hydrogens is 530 g/mol. The lowest BCUT2D eigenvalue weighted by atomic mass is 9.96. The van der Waals surface area contributed by atoms with Crippen molar-refractivity contribution in [2.45, 2.75) is 63.2 Å². The number of likely N-dealkylation sites (tertiary alicyclic amines) is 1. The number of ether oxygens (including phenoxy) is 1.